The number of carbonyl (C=O) groups is 2. The number of alkyl halides is 10. The van der Waals surface area contributed by atoms with Gasteiger partial charge in [-0.05, 0) is 32.9 Å². The molecule has 1 aromatic rings. The second-order valence-corrected chi connectivity index (χ2v) is 12.2. The van der Waals surface area contributed by atoms with Crippen LogP contribution < -0.4 is 21.4 Å². The smallest absolute Gasteiger partial charge is 0.364 e. The lowest BCUT2D eigenvalue weighted by molar-refractivity contribution is -0.281. The van der Waals surface area contributed by atoms with Crippen LogP contribution in [0.5, 0.6) is 0 Å². The number of nitrogens with one attached hydrogen (secondary N) is 4. The molecule has 2 rings (SSSR count). The normalized spacial score (nSPS) is 17.6. The van der Waals surface area contributed by atoms with Crippen LogP contribution in [0.15, 0.2) is 46.4 Å². The number of nitrogens with zero attached hydrogens (tertiary/aromatic N) is 2. The fourth-order valence-electron chi connectivity index (χ4n) is 3.86. The molecule has 0 saturated heterocycles. The summed E-state index contributed by atoms with van der Waals surface area (Å²) in [5.74, 6) is -12.3. The molecule has 0 aliphatic carbocycles. The van der Waals surface area contributed by atoms with Gasteiger partial charge >= 0.3 is 24.2 Å². The van der Waals surface area contributed by atoms with Gasteiger partial charge in [0.05, 0.1) is 34.9 Å². The van der Waals surface area contributed by atoms with Crippen LogP contribution in [0.2, 0.25) is 5.02 Å². The summed E-state index contributed by atoms with van der Waals surface area (Å²) in [5.41, 5.74) is -0.570. The minimum Gasteiger partial charge on any atom is -0.364 e. The Labute approximate surface area is 269 Å². The first-order chi connectivity index (χ1) is 21.4. The van der Waals surface area contributed by atoms with Crippen LogP contribution >= 0.6 is 11.6 Å². The van der Waals surface area contributed by atoms with Crippen LogP contribution in [0.4, 0.5) is 43.9 Å². The maximum Gasteiger partial charge on any atom is 0.457 e. The van der Waals surface area contributed by atoms with Crippen LogP contribution in [-0.2, 0) is 10.8 Å². The highest BCUT2D eigenvalue weighted by atomic mass is 35.5. The second-order valence-electron chi connectivity index (χ2n) is 10.3. The van der Waals surface area contributed by atoms with Crippen molar-refractivity contribution >= 4 is 40.4 Å². The Hall–Kier alpha value is -3.39. The van der Waals surface area contributed by atoms with Crippen LogP contribution in [-0.4, -0.2) is 88.8 Å². The van der Waals surface area contributed by atoms with E-state index in [0.29, 0.717) is 6.92 Å². The van der Waals surface area contributed by atoms with Crippen LogP contribution in [0.25, 0.3) is 0 Å². The first kappa shape index (κ1) is 39.8. The van der Waals surface area contributed by atoms with Crippen LogP contribution in [0.1, 0.15) is 41.5 Å². The zero-order valence-corrected chi connectivity index (χ0v) is 26.4. The van der Waals surface area contributed by atoms with E-state index in [0.717, 1.165) is 6.21 Å². The van der Waals surface area contributed by atoms with Gasteiger partial charge in [-0.1, -0.05) is 17.7 Å². The summed E-state index contributed by atoms with van der Waals surface area (Å²) >= 11 is 6.18. The van der Waals surface area contributed by atoms with Crippen molar-refractivity contribution in [1.29, 1.82) is 0 Å². The second kappa shape index (κ2) is 15.2. The Morgan fingerprint density at radius 2 is 1.70 bits per heavy atom. The minimum absolute atomic E-state index is 0.0260. The van der Waals surface area contributed by atoms with E-state index in [1.807, 2.05) is 0 Å². The molecule has 264 valence electrons. The molecule has 1 aromatic carbocycles. The zero-order valence-electron chi connectivity index (χ0n) is 24.8. The lowest BCUT2D eigenvalue weighted by Gasteiger charge is -2.31. The van der Waals surface area contributed by atoms with E-state index in [-0.39, 0.29) is 44.5 Å². The van der Waals surface area contributed by atoms with Gasteiger partial charge < -0.3 is 21.0 Å². The van der Waals surface area contributed by atoms with E-state index in [1.54, 1.807) is 6.92 Å². The van der Waals surface area contributed by atoms with Gasteiger partial charge in [0.25, 0.3) is 11.8 Å². The average molecular weight is 731 g/mol. The third-order valence-corrected chi connectivity index (χ3v) is 7.54. The van der Waals surface area contributed by atoms with E-state index in [9.17, 15) is 57.7 Å². The number of carbonyl (C=O) groups excluding carboxylic acids is 2. The van der Waals surface area contributed by atoms with Crippen molar-refractivity contribution in [2.75, 3.05) is 25.1 Å². The molecule has 0 spiro atoms. The largest absolute Gasteiger partial charge is 0.457 e. The number of hydrazine groups is 1. The van der Waals surface area contributed by atoms with Crippen molar-refractivity contribution < 1.29 is 57.7 Å². The SMILES string of the molecule is CC1=C(NC(=O)c2cccc(Cl)c2C(=O)N[C@@H](C)CS(C)=O)C=NC(CN(/C=C(\C)C(F)(F)C(F)(F)F)NCC(F)(F)C(F)(F)F)N1. The average Bonchev–Trinajstić information content (AvgIpc) is 2.91. The highest BCUT2D eigenvalue weighted by Gasteiger charge is 2.59. The summed E-state index contributed by atoms with van der Waals surface area (Å²) in [4.78, 5) is 30.0. The molecule has 0 fully saturated rings. The molecule has 3 atom stereocenters. The van der Waals surface area contributed by atoms with Gasteiger partial charge in [-0.3, -0.25) is 18.8 Å². The molecule has 1 aliphatic rings. The zero-order chi connectivity index (χ0) is 36.1. The van der Waals surface area contributed by atoms with E-state index in [2.05, 4.69) is 20.9 Å². The first-order valence-electron chi connectivity index (χ1n) is 13.2. The maximum absolute atomic E-state index is 13.8. The lowest BCUT2D eigenvalue weighted by Crippen LogP contribution is -2.52. The fourth-order valence-corrected chi connectivity index (χ4v) is 4.91. The van der Waals surface area contributed by atoms with Gasteiger partial charge in [0.15, 0.2) is 0 Å². The molecule has 1 aliphatic heterocycles. The maximum atomic E-state index is 13.8. The lowest BCUT2D eigenvalue weighted by atomic mass is 10.1. The number of hydrogen-bond acceptors (Lipinski definition) is 7. The Morgan fingerprint density at radius 3 is 2.23 bits per heavy atom. The van der Waals surface area contributed by atoms with Gasteiger partial charge in [0.2, 0.25) is 0 Å². The highest BCUT2D eigenvalue weighted by Crippen LogP contribution is 2.41. The molecule has 0 saturated carbocycles. The number of halogens is 11. The summed E-state index contributed by atoms with van der Waals surface area (Å²) in [6.45, 7) is 0.168. The number of aliphatic imine (C=N–C) groups is 1. The van der Waals surface area contributed by atoms with Crippen molar-refractivity contribution in [2.24, 2.45) is 4.99 Å². The van der Waals surface area contributed by atoms with Gasteiger partial charge in [0, 0.05) is 52.5 Å². The molecule has 47 heavy (non-hydrogen) atoms. The topological polar surface area (TPSA) is 115 Å². The molecule has 2 unspecified atom stereocenters. The molecule has 0 aromatic heterocycles. The van der Waals surface area contributed by atoms with Gasteiger partial charge in [-0.2, -0.15) is 43.9 Å². The Balaban J connectivity index is 2.28. The molecule has 9 nitrogen and oxygen atoms in total. The number of hydrogen-bond donors (Lipinski definition) is 4. The summed E-state index contributed by atoms with van der Waals surface area (Å²) in [6, 6.07) is 3.45. The molecule has 0 bridgehead atoms. The van der Waals surface area contributed by atoms with Crippen molar-refractivity contribution in [3.05, 3.63) is 57.5 Å². The predicted molar refractivity (Wildman–Crippen MR) is 153 cm³/mol. The highest BCUT2D eigenvalue weighted by molar-refractivity contribution is 7.84. The minimum atomic E-state index is -6.10. The number of benzene rings is 1. The molecule has 0 radical (unpaired) electrons. The standard InChI is InChI=1S/C26H29ClF10N6O3S/c1-13(24(30,31)26(35,36)37)9-43(39-12-23(28,29)25(32,33)34)10-19-38-8-18(15(3)41-19)42-21(44)16-6-5-7-17(27)20(16)22(45)40-14(2)11-47(4)46/h5-9,14,19,39,41H,10-12H2,1-4H3,(H,40,45)(H,42,44)/b13-9+/t14-,19?,47?/m0/s1. The van der Waals surface area contributed by atoms with Crippen LogP contribution in [0, 0.1) is 0 Å². The third-order valence-electron chi connectivity index (χ3n) is 6.26. The van der Waals surface area contributed by atoms with E-state index < -0.39 is 77.7 Å². The summed E-state index contributed by atoms with van der Waals surface area (Å²) in [7, 11) is -1.25. The number of amides is 2. The number of allylic oxidation sites excluding steroid dienone is 3. The molecular formula is C26H29ClF10N6O3S. The summed E-state index contributed by atoms with van der Waals surface area (Å²) in [5, 5.41) is 7.73. The third kappa shape index (κ3) is 10.6. The van der Waals surface area contributed by atoms with E-state index in [4.69, 9.17) is 11.6 Å². The van der Waals surface area contributed by atoms with Gasteiger partial charge in [-0.15, -0.1) is 0 Å². The van der Waals surface area contributed by atoms with Crippen molar-refractivity contribution in [2.45, 2.75) is 57.2 Å². The number of rotatable bonds is 13. The fraction of sp³-hybridized carbons (Fsp3) is 0.500. The van der Waals surface area contributed by atoms with Crippen molar-refractivity contribution in [3.8, 4) is 0 Å². The predicted octanol–water partition coefficient (Wildman–Crippen LogP) is 4.90. The molecule has 21 heteroatoms. The van der Waals surface area contributed by atoms with Crippen molar-refractivity contribution in [3.63, 3.8) is 0 Å². The molecular weight excluding hydrogens is 702 g/mol. The summed E-state index contributed by atoms with van der Waals surface area (Å²) < 4.78 is 143. The molecule has 2 amide bonds. The Bertz CT molecular complexity index is 1450. The summed E-state index contributed by atoms with van der Waals surface area (Å²) in [6.07, 6.45) is -11.0. The van der Waals surface area contributed by atoms with Crippen LogP contribution in [0.3, 0.4) is 0 Å². The Morgan fingerprint density at radius 1 is 1.09 bits per heavy atom. The van der Waals surface area contributed by atoms with Gasteiger partial charge in [-0.25, -0.2) is 5.43 Å². The van der Waals surface area contributed by atoms with Crippen molar-refractivity contribution in [1.82, 2.24) is 26.4 Å². The monoisotopic (exact) mass is 730 g/mol. The molecule has 1 heterocycles. The van der Waals surface area contributed by atoms with E-state index in [1.165, 1.54) is 36.8 Å². The first-order valence-corrected chi connectivity index (χ1v) is 15.3. The molecule has 4 N–H and O–H groups in total. The van der Waals surface area contributed by atoms with E-state index >= 15 is 0 Å². The van der Waals surface area contributed by atoms with Gasteiger partial charge in [0.1, 0.15) is 6.17 Å². The Kier molecular flexibility index (Phi) is 12.9. The quantitative estimate of drug-likeness (QED) is 0.170.